The molecule has 0 heterocycles. The second-order valence-electron chi connectivity index (χ2n) is 2.40. The van der Waals surface area contributed by atoms with E-state index in [2.05, 4.69) is 0 Å². The van der Waals surface area contributed by atoms with Gasteiger partial charge in [-0.1, -0.05) is 0 Å². The molecule has 0 aromatic heterocycles. The molecule has 0 aliphatic carbocycles. The summed E-state index contributed by atoms with van der Waals surface area (Å²) in [4.78, 5) is 0. The van der Waals surface area contributed by atoms with Crippen LogP contribution in [0.5, 0.6) is 0 Å². The number of hydrogen-bond acceptors (Lipinski definition) is 0. The van der Waals surface area contributed by atoms with Crippen LogP contribution < -0.4 is 0 Å². The van der Waals surface area contributed by atoms with Crippen LogP contribution in [0.15, 0.2) is 0 Å². The van der Waals surface area contributed by atoms with Gasteiger partial charge >= 0.3 is 14.0 Å². The Labute approximate surface area is 56.2 Å². The van der Waals surface area contributed by atoms with Gasteiger partial charge in [-0.05, 0) is 13.1 Å². The van der Waals surface area contributed by atoms with Crippen LogP contribution in [0.4, 0.5) is 21.7 Å². The van der Waals surface area contributed by atoms with Crippen LogP contribution in [0.25, 0.3) is 0 Å². The van der Waals surface area contributed by atoms with Crippen LogP contribution in [0, 0.1) is 0 Å². The molecule has 0 radical (unpaired) electrons. The smallest absolute Gasteiger partial charge is 0.307 e. The van der Waals surface area contributed by atoms with Gasteiger partial charge in [0, 0.05) is 0 Å². The summed E-state index contributed by atoms with van der Waals surface area (Å²) in [5.41, 5.74) is -4.42. The number of rotatable bonds is 2. The molecule has 0 aliphatic heterocycles. The molecular weight excluding hydrogens is 171 g/mol. The maximum absolute atomic E-state index is 12.3. The van der Waals surface area contributed by atoms with E-state index in [9.17, 15) is 21.7 Å². The summed E-state index contributed by atoms with van der Waals surface area (Å²) in [5.74, 6) is 0. The summed E-state index contributed by atoms with van der Waals surface area (Å²) < 4.78 is 59.0. The maximum Gasteiger partial charge on any atom is 0.325 e. The molecule has 0 bridgehead atoms. The van der Waals surface area contributed by atoms with Gasteiger partial charge in [0.15, 0.2) is 0 Å². The topological polar surface area (TPSA) is 0 Å². The highest BCUT2D eigenvalue weighted by Gasteiger charge is 2.57. The Bertz CT molecular complexity index is 115. The van der Waals surface area contributed by atoms with Crippen molar-refractivity contribution < 1.29 is 21.7 Å². The van der Waals surface area contributed by atoms with Crippen molar-refractivity contribution in [2.24, 2.45) is 0 Å². The molecule has 0 spiro atoms. The Kier molecular flexibility index (Phi) is 2.45. The van der Waals surface area contributed by atoms with Crippen molar-refractivity contribution in [3.63, 3.8) is 0 Å². The molecular formula is C4H7F5Si. The molecule has 0 saturated heterocycles. The second-order valence-corrected chi connectivity index (χ2v) is 6.01. The SMILES string of the molecule is C[Si](C)(F)C(F)(F)C(F)F. The van der Waals surface area contributed by atoms with Gasteiger partial charge in [0.2, 0.25) is 0 Å². The molecule has 0 rings (SSSR count). The number of hydrogen-bond donors (Lipinski definition) is 0. The zero-order valence-electron chi connectivity index (χ0n) is 5.47. The predicted molar refractivity (Wildman–Crippen MR) is 29.5 cm³/mol. The minimum absolute atomic E-state index is 0.555. The van der Waals surface area contributed by atoms with E-state index in [1.807, 2.05) is 0 Å². The zero-order chi connectivity index (χ0) is 8.58. The average Bonchev–Trinajstić information content (AvgIpc) is 1.62. The van der Waals surface area contributed by atoms with E-state index in [-0.39, 0.29) is 0 Å². The van der Waals surface area contributed by atoms with Crippen molar-refractivity contribution in [3.05, 3.63) is 0 Å². The van der Waals surface area contributed by atoms with Crippen molar-refractivity contribution in [2.45, 2.75) is 25.1 Å². The molecule has 62 valence electrons. The molecule has 0 aliphatic rings. The van der Waals surface area contributed by atoms with E-state index < -0.39 is 20.4 Å². The molecule has 0 amide bonds. The third-order valence-corrected chi connectivity index (χ3v) is 2.87. The number of halogens is 5. The lowest BCUT2D eigenvalue weighted by atomic mass is 10.7. The number of alkyl halides is 4. The van der Waals surface area contributed by atoms with Gasteiger partial charge in [0.1, 0.15) is 0 Å². The second kappa shape index (κ2) is 2.48. The van der Waals surface area contributed by atoms with E-state index in [0.29, 0.717) is 13.1 Å². The Balaban J connectivity index is 4.40. The standard InChI is InChI=1S/C4H7F5Si/c1-10(2,9)4(7,8)3(5)6/h3H,1-2H3. The molecule has 0 unspecified atom stereocenters. The van der Waals surface area contributed by atoms with Gasteiger partial charge in [-0.25, -0.2) is 17.6 Å². The lowest BCUT2D eigenvalue weighted by Gasteiger charge is -2.22. The molecule has 10 heavy (non-hydrogen) atoms. The highest BCUT2D eigenvalue weighted by molar-refractivity contribution is 6.73. The first-order valence-electron chi connectivity index (χ1n) is 2.54. The Hall–Kier alpha value is -0.133. The van der Waals surface area contributed by atoms with Gasteiger partial charge in [0.25, 0.3) is 6.43 Å². The summed E-state index contributed by atoms with van der Waals surface area (Å²) in [5, 5.41) is 0. The fraction of sp³-hybridized carbons (Fsp3) is 1.00. The Morgan fingerprint density at radius 2 is 1.50 bits per heavy atom. The zero-order valence-corrected chi connectivity index (χ0v) is 6.47. The molecule has 0 nitrogen and oxygen atoms in total. The molecule has 0 atom stereocenters. The third-order valence-electron chi connectivity index (χ3n) is 1.07. The fourth-order valence-corrected chi connectivity index (χ4v) is 0.778. The van der Waals surface area contributed by atoms with Crippen LogP contribution in [-0.2, 0) is 0 Å². The lowest BCUT2D eigenvalue weighted by molar-refractivity contribution is -0.0776. The van der Waals surface area contributed by atoms with E-state index in [1.165, 1.54) is 0 Å². The highest BCUT2D eigenvalue weighted by atomic mass is 28.4. The molecule has 6 heteroatoms. The Morgan fingerprint density at radius 3 is 1.50 bits per heavy atom. The minimum Gasteiger partial charge on any atom is -0.307 e. The molecule has 0 fully saturated rings. The lowest BCUT2D eigenvalue weighted by Crippen LogP contribution is -2.49. The monoisotopic (exact) mass is 178 g/mol. The van der Waals surface area contributed by atoms with E-state index >= 15 is 0 Å². The Morgan fingerprint density at radius 1 is 1.20 bits per heavy atom. The van der Waals surface area contributed by atoms with Crippen LogP contribution in [0.2, 0.25) is 13.1 Å². The first-order valence-corrected chi connectivity index (χ1v) is 5.42. The van der Waals surface area contributed by atoms with Crippen molar-refractivity contribution in [1.82, 2.24) is 0 Å². The molecule has 0 saturated carbocycles. The van der Waals surface area contributed by atoms with Crippen molar-refractivity contribution in [2.75, 3.05) is 0 Å². The van der Waals surface area contributed by atoms with Crippen LogP contribution in [0.3, 0.4) is 0 Å². The summed E-state index contributed by atoms with van der Waals surface area (Å²) in [7, 11) is -4.53. The van der Waals surface area contributed by atoms with Gasteiger partial charge in [-0.3, -0.25) is 0 Å². The summed E-state index contributed by atoms with van der Waals surface area (Å²) in [6.07, 6.45) is -3.89. The largest absolute Gasteiger partial charge is 0.325 e. The first kappa shape index (κ1) is 9.87. The molecule has 0 N–H and O–H groups in total. The quantitative estimate of drug-likeness (QED) is 0.346. The predicted octanol–water partition coefficient (Wildman–Crippen LogP) is 2.60. The van der Waals surface area contributed by atoms with Crippen molar-refractivity contribution in [1.29, 1.82) is 0 Å². The molecule has 0 aromatic carbocycles. The minimum atomic E-state index is -4.53. The van der Waals surface area contributed by atoms with Gasteiger partial charge in [-0.15, -0.1) is 0 Å². The first-order chi connectivity index (χ1) is 4.19. The fourth-order valence-electron chi connectivity index (χ4n) is 0.259. The summed E-state index contributed by atoms with van der Waals surface area (Å²) in [6, 6.07) is 0. The van der Waals surface area contributed by atoms with Gasteiger partial charge in [-0.2, -0.15) is 0 Å². The summed E-state index contributed by atoms with van der Waals surface area (Å²) in [6.45, 7) is 1.11. The van der Waals surface area contributed by atoms with E-state index in [0.717, 1.165) is 0 Å². The van der Waals surface area contributed by atoms with Crippen LogP contribution >= 0.6 is 0 Å². The maximum atomic E-state index is 12.3. The van der Waals surface area contributed by atoms with E-state index in [4.69, 9.17) is 0 Å². The van der Waals surface area contributed by atoms with Crippen molar-refractivity contribution >= 4 is 8.41 Å². The average molecular weight is 178 g/mol. The van der Waals surface area contributed by atoms with Crippen LogP contribution in [-0.4, -0.2) is 20.4 Å². The van der Waals surface area contributed by atoms with Crippen LogP contribution in [0.1, 0.15) is 0 Å². The molecule has 0 aromatic rings. The van der Waals surface area contributed by atoms with Gasteiger partial charge in [0.05, 0.1) is 0 Å². The van der Waals surface area contributed by atoms with E-state index in [1.54, 1.807) is 0 Å². The third kappa shape index (κ3) is 1.68. The highest BCUT2D eigenvalue weighted by Crippen LogP contribution is 2.33. The van der Waals surface area contributed by atoms with Crippen molar-refractivity contribution in [3.8, 4) is 0 Å². The summed E-state index contributed by atoms with van der Waals surface area (Å²) >= 11 is 0. The van der Waals surface area contributed by atoms with Gasteiger partial charge < -0.3 is 4.11 Å². The normalized spacial score (nSPS) is 14.4.